The van der Waals surface area contributed by atoms with Crippen molar-refractivity contribution in [3.63, 3.8) is 0 Å². The van der Waals surface area contributed by atoms with E-state index in [2.05, 4.69) is 46.9 Å². The predicted octanol–water partition coefficient (Wildman–Crippen LogP) is -0.0434. The van der Waals surface area contributed by atoms with Gasteiger partial charge in [0.25, 0.3) is 0 Å². The molecule has 2 bridgehead atoms. The third-order valence-electron chi connectivity index (χ3n) is 7.69. The number of halogens is 1. The van der Waals surface area contributed by atoms with Gasteiger partial charge in [0.05, 0.1) is 5.75 Å². The monoisotopic (exact) mass is 419 g/mol. The van der Waals surface area contributed by atoms with Gasteiger partial charge in [-0.1, -0.05) is 13.8 Å². The first-order valence-corrected chi connectivity index (χ1v) is 11.5. The van der Waals surface area contributed by atoms with Crippen LogP contribution < -0.4 is 17.7 Å². The summed E-state index contributed by atoms with van der Waals surface area (Å²) < 4.78 is 28.3. The Morgan fingerprint density at radius 1 is 1.07 bits per heavy atom. The lowest BCUT2D eigenvalue weighted by molar-refractivity contribution is -0.128. The molecule has 3 aliphatic rings. The van der Waals surface area contributed by atoms with E-state index in [1.807, 2.05) is 0 Å². The molecule has 27 heavy (non-hydrogen) atoms. The largest absolute Gasteiger partial charge is 1.00 e. The molecule has 3 rings (SSSR count). The summed E-state index contributed by atoms with van der Waals surface area (Å²) in [6.07, 6.45) is 3.81. The number of carbonyl (C=O) groups excluding carboxylic acids is 1. The van der Waals surface area contributed by atoms with Crippen LogP contribution in [0.5, 0.6) is 0 Å². The molecule has 1 N–H and O–H groups in total. The van der Waals surface area contributed by atoms with Crippen LogP contribution in [0.15, 0.2) is 0 Å². The van der Waals surface area contributed by atoms with Crippen LogP contribution in [0, 0.1) is 16.7 Å². The molecule has 0 radical (unpaired) electrons. The molecule has 0 aromatic heterocycles. The summed E-state index contributed by atoms with van der Waals surface area (Å²) in [5, 5.41) is 3.61. The maximum atomic E-state index is 13.4. The maximum absolute atomic E-state index is 13.4. The van der Waals surface area contributed by atoms with Gasteiger partial charge in [-0.3, -0.25) is 4.79 Å². The van der Waals surface area contributed by atoms with Crippen molar-refractivity contribution >= 4 is 15.8 Å². The molecule has 2 aliphatic carbocycles. The first-order chi connectivity index (χ1) is 11.6. The molecule has 1 heterocycles. The normalized spacial score (nSPS) is 34.7. The van der Waals surface area contributed by atoms with Crippen LogP contribution in [0.3, 0.4) is 0 Å². The van der Waals surface area contributed by atoms with Crippen molar-refractivity contribution in [2.45, 2.75) is 90.8 Å². The van der Waals surface area contributed by atoms with Gasteiger partial charge >= 0.3 is 0 Å². The van der Waals surface area contributed by atoms with Crippen molar-refractivity contribution in [3.05, 3.63) is 0 Å². The first kappa shape index (κ1) is 23.1. The Hall–Kier alpha value is -0.170. The average molecular weight is 420 g/mol. The Morgan fingerprint density at radius 3 is 2.00 bits per heavy atom. The lowest BCUT2D eigenvalue weighted by Crippen LogP contribution is -3.00. The van der Waals surface area contributed by atoms with Crippen LogP contribution >= 0.6 is 0 Å². The molecule has 0 amide bonds. The summed E-state index contributed by atoms with van der Waals surface area (Å²) >= 11 is 0. The zero-order chi connectivity index (χ0) is 19.8. The Morgan fingerprint density at radius 2 is 1.59 bits per heavy atom. The van der Waals surface area contributed by atoms with Gasteiger partial charge in [-0.15, -0.1) is 0 Å². The minimum Gasteiger partial charge on any atom is -1.00 e. The summed E-state index contributed by atoms with van der Waals surface area (Å²) in [6, 6.07) is -0.0422. The number of hydrogen-bond donors (Lipinski definition) is 1. The molecule has 2 atom stereocenters. The number of ketones is 1. The summed E-state index contributed by atoms with van der Waals surface area (Å²) in [4.78, 5) is 12.8. The smallest absolute Gasteiger partial charge is 0.215 e. The van der Waals surface area contributed by atoms with Gasteiger partial charge in [0, 0.05) is 36.0 Å². The van der Waals surface area contributed by atoms with Crippen LogP contribution in [0.25, 0.3) is 0 Å². The van der Waals surface area contributed by atoms with Crippen LogP contribution in [-0.2, 0) is 14.8 Å². The maximum Gasteiger partial charge on any atom is 0.215 e. The highest BCUT2D eigenvalue weighted by molar-refractivity contribution is 7.89. The van der Waals surface area contributed by atoms with Gasteiger partial charge in [0.2, 0.25) is 10.0 Å². The molecular weight excluding hydrogens is 384 g/mol. The van der Waals surface area contributed by atoms with Crippen molar-refractivity contribution < 1.29 is 25.6 Å². The van der Waals surface area contributed by atoms with Crippen molar-refractivity contribution in [1.82, 2.24) is 9.62 Å². The lowest BCUT2D eigenvalue weighted by Gasteiger charge is -2.49. The fraction of sp³-hybridized carbons (Fsp3) is 0.950. The molecule has 0 aromatic rings. The second-order valence-electron chi connectivity index (χ2n) is 10.9. The van der Waals surface area contributed by atoms with Crippen molar-refractivity contribution in [2.24, 2.45) is 16.7 Å². The lowest BCUT2D eigenvalue weighted by atomic mass is 9.70. The van der Waals surface area contributed by atoms with E-state index in [1.165, 1.54) is 0 Å². The summed E-state index contributed by atoms with van der Waals surface area (Å²) in [5.74, 6) is 0.484. The number of piperidine rings is 1. The number of nitrogens with zero attached hydrogens (tertiary/aromatic N) is 1. The molecule has 1 saturated heterocycles. The highest BCUT2D eigenvalue weighted by atomic mass is 35.5. The average Bonchev–Trinajstić information content (AvgIpc) is 2.76. The van der Waals surface area contributed by atoms with Crippen molar-refractivity contribution in [2.75, 3.05) is 12.8 Å². The first-order valence-electron chi connectivity index (χ1n) is 9.90. The molecule has 3 fully saturated rings. The third kappa shape index (κ3) is 3.72. The topological polar surface area (TPSA) is 66.5 Å². The van der Waals surface area contributed by atoms with E-state index in [0.29, 0.717) is 12.3 Å². The van der Waals surface area contributed by atoms with E-state index >= 15 is 0 Å². The van der Waals surface area contributed by atoms with Crippen LogP contribution in [0.4, 0.5) is 0 Å². The van der Waals surface area contributed by atoms with E-state index in [4.69, 9.17) is 0 Å². The SMILES string of the molecule is CN(C1CC(C)(C)NC(C)(C)C1)S(=O)(=O)CC12CCC(CC1=O)C2(C)C.[Cl-]. The molecular formula is C20H36ClN2O3S-. The van der Waals surface area contributed by atoms with E-state index in [-0.39, 0.29) is 46.5 Å². The summed E-state index contributed by atoms with van der Waals surface area (Å²) in [6.45, 7) is 12.7. The number of rotatable bonds is 4. The quantitative estimate of drug-likeness (QED) is 0.694. The number of carbonyl (C=O) groups is 1. The van der Waals surface area contributed by atoms with E-state index in [9.17, 15) is 13.2 Å². The van der Waals surface area contributed by atoms with Crippen molar-refractivity contribution in [1.29, 1.82) is 0 Å². The van der Waals surface area contributed by atoms with Gasteiger partial charge in [0.1, 0.15) is 5.78 Å². The molecule has 0 aromatic carbocycles. The molecule has 7 heteroatoms. The highest BCUT2D eigenvalue weighted by Crippen LogP contribution is 2.64. The van der Waals surface area contributed by atoms with Gasteiger partial charge in [0.15, 0.2) is 0 Å². The van der Waals surface area contributed by atoms with Crippen LogP contribution in [0.1, 0.15) is 73.6 Å². The van der Waals surface area contributed by atoms with E-state index < -0.39 is 15.4 Å². The molecule has 2 saturated carbocycles. The van der Waals surface area contributed by atoms with Crippen LogP contribution in [0.2, 0.25) is 0 Å². The second-order valence-corrected chi connectivity index (χ2v) is 12.9. The molecule has 158 valence electrons. The number of Topliss-reactive ketones (excluding diaryl/α,β-unsaturated/α-hetero) is 1. The molecule has 2 unspecified atom stereocenters. The summed E-state index contributed by atoms with van der Waals surface area (Å²) in [7, 11) is -1.79. The van der Waals surface area contributed by atoms with Crippen LogP contribution in [-0.4, -0.2) is 48.4 Å². The van der Waals surface area contributed by atoms with Gasteiger partial charge in [-0.25, -0.2) is 12.7 Å². The number of nitrogens with one attached hydrogen (secondary N) is 1. The Labute approximate surface area is 171 Å². The Kier molecular flexibility index (Phi) is 5.72. The van der Waals surface area contributed by atoms with Gasteiger partial charge in [-0.2, -0.15) is 0 Å². The minimum atomic E-state index is -3.51. The number of fused-ring (bicyclic) bond motifs is 2. The second kappa shape index (κ2) is 6.68. The third-order valence-corrected chi connectivity index (χ3v) is 9.72. The Balaban J connectivity index is 0.00000261. The summed E-state index contributed by atoms with van der Waals surface area (Å²) in [5.41, 5.74) is -1.14. The predicted molar refractivity (Wildman–Crippen MR) is 104 cm³/mol. The zero-order valence-corrected chi connectivity index (χ0v) is 19.4. The van der Waals surface area contributed by atoms with E-state index in [0.717, 1.165) is 25.7 Å². The molecule has 1 aliphatic heterocycles. The van der Waals surface area contributed by atoms with Crippen molar-refractivity contribution in [3.8, 4) is 0 Å². The van der Waals surface area contributed by atoms with Gasteiger partial charge < -0.3 is 17.7 Å². The minimum absolute atomic E-state index is 0. The fourth-order valence-corrected chi connectivity index (χ4v) is 8.38. The molecule has 5 nitrogen and oxygen atoms in total. The molecule has 0 spiro atoms. The Bertz CT molecular complexity index is 701. The van der Waals surface area contributed by atoms with Gasteiger partial charge in [-0.05, 0) is 64.7 Å². The highest BCUT2D eigenvalue weighted by Gasteiger charge is 2.65. The fourth-order valence-electron chi connectivity index (χ4n) is 6.27. The zero-order valence-electron chi connectivity index (χ0n) is 17.9. The number of sulfonamides is 1. The standard InChI is InChI=1S/C20H36N2O3S.ClH/c1-17(2)11-15(12-18(3,4)21-17)22(7)26(24,25)13-20-9-8-14(10-16(20)23)19(20,5)6;/h14-15,21H,8-13H2,1-7H3;1H/p-1. The number of hydrogen-bond acceptors (Lipinski definition) is 4. The van der Waals surface area contributed by atoms with E-state index in [1.54, 1.807) is 11.4 Å².